The summed E-state index contributed by atoms with van der Waals surface area (Å²) < 4.78 is 0. The number of imide groups is 1. The molecule has 164 valence electrons. The highest BCUT2D eigenvalue weighted by Crippen LogP contribution is 2.33. The molecule has 7 heteroatoms. The molecule has 0 aliphatic carbocycles. The van der Waals surface area contributed by atoms with Crippen molar-refractivity contribution in [2.45, 2.75) is 13.3 Å². The van der Waals surface area contributed by atoms with Crippen molar-refractivity contribution in [3.63, 3.8) is 0 Å². The highest BCUT2D eigenvalue weighted by molar-refractivity contribution is 6.36. The van der Waals surface area contributed by atoms with Crippen molar-refractivity contribution in [3.8, 4) is 0 Å². The Morgan fingerprint density at radius 3 is 2.09 bits per heavy atom. The Bertz CT molecular complexity index is 1360. The smallest absolute Gasteiger partial charge is 0.267 e. The van der Waals surface area contributed by atoms with Crippen LogP contribution in [0.15, 0.2) is 72.8 Å². The van der Waals surface area contributed by atoms with Gasteiger partial charge in [-0.15, -0.1) is 0 Å². The Morgan fingerprint density at radius 1 is 0.879 bits per heavy atom. The highest BCUT2D eigenvalue weighted by atomic mass is 35.5. The number of anilines is 1. The number of halogens is 2. The van der Waals surface area contributed by atoms with Gasteiger partial charge in [0.15, 0.2) is 5.82 Å². The van der Waals surface area contributed by atoms with Gasteiger partial charge in [0.05, 0.1) is 26.7 Å². The summed E-state index contributed by atoms with van der Waals surface area (Å²) in [5, 5.41) is 4.29. The van der Waals surface area contributed by atoms with Crippen LogP contribution in [0.5, 0.6) is 0 Å². The van der Waals surface area contributed by atoms with Crippen LogP contribution in [0.1, 0.15) is 31.8 Å². The molecule has 0 unspecified atom stereocenters. The SMILES string of the molecule is Cc1ccc2cc3c(nc2c1)N(N(C(=O)c1ccccc1Cl)C(=O)c1ccccc1Cl)CC3. The average Bonchev–Trinajstić information content (AvgIpc) is 3.20. The molecule has 4 aromatic rings. The maximum absolute atomic E-state index is 13.7. The van der Waals surface area contributed by atoms with E-state index in [0.717, 1.165) is 27.0 Å². The second kappa shape index (κ2) is 8.50. The van der Waals surface area contributed by atoms with E-state index in [2.05, 4.69) is 6.07 Å². The minimum Gasteiger partial charge on any atom is -0.267 e. The van der Waals surface area contributed by atoms with E-state index in [9.17, 15) is 9.59 Å². The van der Waals surface area contributed by atoms with Crippen LogP contribution < -0.4 is 5.01 Å². The summed E-state index contributed by atoms with van der Waals surface area (Å²) in [5.74, 6) is -0.497. The molecule has 0 N–H and O–H groups in total. The molecule has 5 rings (SSSR count). The third kappa shape index (κ3) is 3.84. The van der Waals surface area contributed by atoms with Gasteiger partial charge in [-0.05, 0) is 60.9 Å². The number of fused-ring (bicyclic) bond motifs is 2. The van der Waals surface area contributed by atoms with E-state index >= 15 is 0 Å². The molecule has 0 spiro atoms. The number of carbonyl (C=O) groups excluding carboxylic acids is 2. The van der Waals surface area contributed by atoms with Gasteiger partial charge in [-0.2, -0.15) is 5.01 Å². The lowest BCUT2D eigenvalue weighted by molar-refractivity contribution is 0.0598. The number of amides is 2. The first kappa shape index (κ1) is 21.4. The summed E-state index contributed by atoms with van der Waals surface area (Å²) in [4.78, 5) is 32.3. The van der Waals surface area contributed by atoms with Crippen LogP contribution >= 0.6 is 23.2 Å². The van der Waals surface area contributed by atoms with E-state index in [1.54, 1.807) is 53.5 Å². The van der Waals surface area contributed by atoms with Crippen molar-refractivity contribution in [2.24, 2.45) is 0 Å². The quantitative estimate of drug-likeness (QED) is 0.335. The van der Waals surface area contributed by atoms with Crippen LogP contribution in [0.25, 0.3) is 10.9 Å². The molecule has 3 aromatic carbocycles. The van der Waals surface area contributed by atoms with E-state index in [4.69, 9.17) is 28.2 Å². The zero-order valence-corrected chi connectivity index (χ0v) is 19.3. The first-order valence-corrected chi connectivity index (χ1v) is 11.3. The molecule has 0 fully saturated rings. The van der Waals surface area contributed by atoms with E-state index in [1.165, 1.54) is 0 Å². The van der Waals surface area contributed by atoms with Gasteiger partial charge in [0.2, 0.25) is 0 Å². The number of benzene rings is 3. The predicted octanol–water partition coefficient (Wildman–Crippen LogP) is 6.11. The number of hydrogen-bond donors (Lipinski definition) is 0. The van der Waals surface area contributed by atoms with E-state index < -0.39 is 11.8 Å². The van der Waals surface area contributed by atoms with Gasteiger partial charge in [-0.25, -0.2) is 4.98 Å². The summed E-state index contributed by atoms with van der Waals surface area (Å²) in [6.07, 6.45) is 0.647. The number of nitrogens with zero attached hydrogens (tertiary/aromatic N) is 3. The van der Waals surface area contributed by atoms with Crippen LogP contribution in [0.2, 0.25) is 10.0 Å². The fourth-order valence-electron chi connectivity index (χ4n) is 4.05. The van der Waals surface area contributed by atoms with Gasteiger partial charge in [-0.1, -0.05) is 59.6 Å². The van der Waals surface area contributed by atoms with E-state index in [1.807, 2.05) is 25.1 Å². The molecule has 33 heavy (non-hydrogen) atoms. The topological polar surface area (TPSA) is 53.5 Å². The highest BCUT2D eigenvalue weighted by Gasteiger charge is 2.36. The summed E-state index contributed by atoms with van der Waals surface area (Å²) in [6.45, 7) is 2.42. The van der Waals surface area contributed by atoms with Crippen LogP contribution in [0, 0.1) is 6.92 Å². The maximum Gasteiger partial charge on any atom is 0.281 e. The summed E-state index contributed by atoms with van der Waals surface area (Å²) in [7, 11) is 0. The third-order valence-electron chi connectivity index (χ3n) is 5.70. The lowest BCUT2D eigenvalue weighted by Gasteiger charge is -2.31. The van der Waals surface area contributed by atoms with Crippen molar-refractivity contribution >= 4 is 51.7 Å². The summed E-state index contributed by atoms with van der Waals surface area (Å²) in [5.41, 5.74) is 3.30. The third-order valence-corrected chi connectivity index (χ3v) is 6.36. The van der Waals surface area contributed by atoms with Gasteiger partial charge >= 0.3 is 0 Å². The molecule has 5 nitrogen and oxygen atoms in total. The Labute approximate surface area is 201 Å². The number of pyridine rings is 1. The van der Waals surface area contributed by atoms with Gasteiger partial charge in [-0.3, -0.25) is 14.6 Å². The largest absolute Gasteiger partial charge is 0.281 e. The molecule has 1 aliphatic rings. The number of hydrogen-bond acceptors (Lipinski definition) is 4. The van der Waals surface area contributed by atoms with Gasteiger partial charge in [0, 0.05) is 11.9 Å². The molecular formula is C26H19Cl2N3O2. The van der Waals surface area contributed by atoms with Crippen molar-refractivity contribution in [1.82, 2.24) is 9.99 Å². The van der Waals surface area contributed by atoms with Crippen molar-refractivity contribution < 1.29 is 9.59 Å². The van der Waals surface area contributed by atoms with Gasteiger partial charge in [0.1, 0.15) is 0 Å². The fraction of sp³-hybridized carbons (Fsp3) is 0.115. The molecule has 0 radical (unpaired) electrons. The average molecular weight is 476 g/mol. The maximum atomic E-state index is 13.7. The molecular weight excluding hydrogens is 457 g/mol. The molecule has 0 saturated heterocycles. The molecule has 1 aromatic heterocycles. The number of hydrazine groups is 1. The molecule has 1 aliphatic heterocycles. The van der Waals surface area contributed by atoms with Crippen molar-refractivity contribution in [3.05, 3.63) is 105 Å². The monoisotopic (exact) mass is 475 g/mol. The first-order valence-electron chi connectivity index (χ1n) is 10.5. The number of aryl methyl sites for hydroxylation is 1. The number of carbonyl (C=O) groups is 2. The van der Waals surface area contributed by atoms with Crippen LogP contribution in [-0.2, 0) is 6.42 Å². The lowest BCUT2D eigenvalue weighted by Crippen LogP contribution is -2.50. The molecule has 2 amide bonds. The Morgan fingerprint density at radius 2 is 1.48 bits per heavy atom. The van der Waals surface area contributed by atoms with Crippen molar-refractivity contribution in [1.29, 1.82) is 0 Å². The van der Waals surface area contributed by atoms with Crippen LogP contribution in [0.3, 0.4) is 0 Å². The lowest BCUT2D eigenvalue weighted by atomic mass is 10.1. The van der Waals surface area contributed by atoms with E-state index in [-0.39, 0.29) is 21.2 Å². The Balaban J connectivity index is 1.66. The van der Waals surface area contributed by atoms with E-state index in [0.29, 0.717) is 18.8 Å². The van der Waals surface area contributed by atoms with Gasteiger partial charge in [0.25, 0.3) is 11.8 Å². The minimum absolute atomic E-state index is 0.227. The molecule has 0 saturated carbocycles. The predicted molar refractivity (Wildman–Crippen MR) is 131 cm³/mol. The standard InChI is InChI=1S/C26H19Cl2N3O2/c1-16-10-11-17-15-18-12-13-30(24(18)29-23(17)14-16)31(25(32)19-6-2-4-8-21(19)27)26(33)20-7-3-5-9-22(20)28/h2-11,14-15H,12-13H2,1H3. The summed E-state index contributed by atoms with van der Waals surface area (Å²) in [6, 6.07) is 21.5. The molecule has 2 heterocycles. The van der Waals surface area contributed by atoms with Crippen molar-refractivity contribution in [2.75, 3.05) is 11.6 Å². The first-order chi connectivity index (χ1) is 15.9. The second-order valence-electron chi connectivity index (χ2n) is 7.92. The Hall–Kier alpha value is -3.41. The van der Waals surface area contributed by atoms with Gasteiger partial charge < -0.3 is 0 Å². The zero-order valence-electron chi connectivity index (χ0n) is 17.8. The normalized spacial score (nSPS) is 12.6. The number of aromatic nitrogens is 1. The minimum atomic E-state index is -0.537. The molecule has 0 bridgehead atoms. The second-order valence-corrected chi connectivity index (χ2v) is 8.74. The molecule has 0 atom stereocenters. The van der Waals surface area contributed by atoms with Crippen LogP contribution in [0.4, 0.5) is 5.82 Å². The Kier molecular flexibility index (Phi) is 5.52. The van der Waals surface area contributed by atoms with Crippen LogP contribution in [-0.4, -0.2) is 28.4 Å². The fourth-order valence-corrected chi connectivity index (χ4v) is 4.49. The summed E-state index contributed by atoms with van der Waals surface area (Å²) >= 11 is 12.7. The number of rotatable bonds is 3. The zero-order chi connectivity index (χ0) is 23.1.